The van der Waals surface area contributed by atoms with Gasteiger partial charge >= 0.3 is 0 Å². The van der Waals surface area contributed by atoms with Crippen molar-refractivity contribution in [3.05, 3.63) is 16.8 Å². The third kappa shape index (κ3) is 3.18. The molecular weight excluding hydrogens is 346 g/mol. The van der Waals surface area contributed by atoms with Gasteiger partial charge in [-0.2, -0.15) is 0 Å². The Balaban J connectivity index is 1.68. The first kappa shape index (κ1) is 17.7. The Labute approximate surface area is 158 Å². The van der Waals surface area contributed by atoms with Crippen LogP contribution in [0, 0.1) is 12.8 Å². The van der Waals surface area contributed by atoms with Crippen molar-refractivity contribution in [2.75, 3.05) is 51.2 Å². The lowest BCUT2D eigenvalue weighted by molar-refractivity contribution is 0.0687. The van der Waals surface area contributed by atoms with E-state index in [1.165, 1.54) is 17.8 Å². The fraction of sp³-hybridized carbons (Fsp3) is 0.632. The van der Waals surface area contributed by atoms with Crippen LogP contribution in [0.3, 0.4) is 0 Å². The Kier molecular flexibility index (Phi) is 4.84. The second kappa shape index (κ2) is 7.12. The number of aromatic nitrogens is 2. The van der Waals surface area contributed by atoms with E-state index in [2.05, 4.69) is 40.7 Å². The summed E-state index contributed by atoms with van der Waals surface area (Å²) >= 11 is 1.53. The lowest BCUT2D eigenvalue weighted by Crippen LogP contribution is -2.44. The summed E-state index contributed by atoms with van der Waals surface area (Å²) in [6, 6.07) is 0. The Hall–Kier alpha value is -1.73. The zero-order valence-corrected chi connectivity index (χ0v) is 16.7. The normalized spacial score (nSPS) is 22.2. The molecule has 7 heteroatoms. The van der Waals surface area contributed by atoms with Crippen LogP contribution in [0.1, 0.15) is 35.0 Å². The smallest absolute Gasteiger partial charge is 0.264 e. The minimum absolute atomic E-state index is 0.168. The van der Waals surface area contributed by atoms with Crippen molar-refractivity contribution in [2.45, 2.75) is 26.7 Å². The molecule has 2 fully saturated rings. The monoisotopic (exact) mass is 373 g/mol. The van der Waals surface area contributed by atoms with Gasteiger partial charge in [-0.05, 0) is 38.3 Å². The fourth-order valence-corrected chi connectivity index (χ4v) is 5.14. The van der Waals surface area contributed by atoms with E-state index < -0.39 is 0 Å². The number of piperazine rings is 1. The third-order valence-corrected chi connectivity index (χ3v) is 6.84. The first-order chi connectivity index (χ1) is 12.5. The van der Waals surface area contributed by atoms with E-state index in [0.717, 1.165) is 72.2 Å². The van der Waals surface area contributed by atoms with E-state index in [9.17, 15) is 4.79 Å². The SMILES string of the molecule is Cc1c(C(=O)N2CCCC(C)C2)sc2ncnc(N3CCN(C)CC3)c12. The summed E-state index contributed by atoms with van der Waals surface area (Å²) in [5.74, 6) is 1.74. The number of amides is 1. The van der Waals surface area contributed by atoms with Crippen molar-refractivity contribution >= 4 is 33.3 Å². The zero-order chi connectivity index (χ0) is 18.3. The molecule has 2 aliphatic rings. The van der Waals surface area contributed by atoms with E-state index >= 15 is 0 Å². The van der Waals surface area contributed by atoms with E-state index in [-0.39, 0.29) is 5.91 Å². The maximum absolute atomic E-state index is 13.1. The summed E-state index contributed by atoms with van der Waals surface area (Å²) < 4.78 is 0. The second-order valence-corrected chi connectivity index (χ2v) is 8.72. The van der Waals surface area contributed by atoms with Gasteiger partial charge in [0.2, 0.25) is 0 Å². The predicted octanol–water partition coefficient (Wildman–Crippen LogP) is 2.62. The Morgan fingerprint density at radius 3 is 2.69 bits per heavy atom. The van der Waals surface area contributed by atoms with Gasteiger partial charge < -0.3 is 14.7 Å². The topological polar surface area (TPSA) is 52.6 Å². The lowest BCUT2D eigenvalue weighted by Gasteiger charge is -2.33. The molecule has 0 aliphatic carbocycles. The number of carbonyl (C=O) groups is 1. The maximum Gasteiger partial charge on any atom is 0.264 e. The van der Waals surface area contributed by atoms with Gasteiger partial charge in [-0.3, -0.25) is 4.79 Å². The first-order valence-corrected chi connectivity index (χ1v) is 10.3. The standard InChI is InChI=1S/C19H27N5OS/c1-13-5-4-6-24(11-13)19(25)16-14(2)15-17(20-12-21-18(15)26-16)23-9-7-22(3)8-10-23/h12-13H,4-11H2,1-3H3. The van der Waals surface area contributed by atoms with Crippen molar-refractivity contribution in [1.29, 1.82) is 0 Å². The van der Waals surface area contributed by atoms with E-state index in [1.54, 1.807) is 6.33 Å². The van der Waals surface area contributed by atoms with Crippen LogP contribution in [0.15, 0.2) is 6.33 Å². The van der Waals surface area contributed by atoms with Crippen LogP contribution in [-0.4, -0.2) is 72.0 Å². The molecule has 0 N–H and O–H groups in total. The molecule has 4 rings (SSSR count). The van der Waals surface area contributed by atoms with Crippen molar-refractivity contribution < 1.29 is 4.79 Å². The molecule has 0 spiro atoms. The molecule has 0 bridgehead atoms. The molecule has 1 amide bonds. The number of hydrogen-bond donors (Lipinski definition) is 0. The maximum atomic E-state index is 13.1. The summed E-state index contributed by atoms with van der Waals surface area (Å²) in [6.45, 7) is 10.0. The van der Waals surface area contributed by atoms with Crippen LogP contribution in [0.4, 0.5) is 5.82 Å². The highest BCUT2D eigenvalue weighted by Crippen LogP contribution is 2.36. The molecule has 0 radical (unpaired) electrons. The van der Waals surface area contributed by atoms with Gasteiger partial charge in [0.15, 0.2) is 0 Å². The lowest BCUT2D eigenvalue weighted by atomic mass is 10.00. The number of fused-ring (bicyclic) bond motifs is 1. The minimum atomic E-state index is 0.168. The van der Waals surface area contributed by atoms with Gasteiger partial charge in [-0.25, -0.2) is 9.97 Å². The van der Waals surface area contributed by atoms with Gasteiger partial charge in [0.25, 0.3) is 5.91 Å². The molecule has 2 aliphatic heterocycles. The molecule has 1 unspecified atom stereocenters. The Morgan fingerprint density at radius 2 is 1.96 bits per heavy atom. The van der Waals surface area contributed by atoms with Crippen molar-refractivity contribution in [2.24, 2.45) is 5.92 Å². The van der Waals surface area contributed by atoms with Crippen LogP contribution in [0.25, 0.3) is 10.2 Å². The molecular formula is C19H27N5OS. The van der Waals surface area contributed by atoms with E-state index in [4.69, 9.17) is 0 Å². The molecule has 1 atom stereocenters. The van der Waals surface area contributed by atoms with Gasteiger partial charge in [0, 0.05) is 39.3 Å². The van der Waals surface area contributed by atoms with Crippen LogP contribution < -0.4 is 4.90 Å². The summed E-state index contributed by atoms with van der Waals surface area (Å²) in [7, 11) is 2.15. The fourth-order valence-electron chi connectivity index (χ4n) is 4.03. The highest BCUT2D eigenvalue weighted by atomic mass is 32.1. The van der Waals surface area contributed by atoms with Gasteiger partial charge in [-0.1, -0.05) is 6.92 Å². The van der Waals surface area contributed by atoms with Crippen molar-refractivity contribution in [3.63, 3.8) is 0 Å². The molecule has 0 saturated carbocycles. The number of piperidine rings is 1. The van der Waals surface area contributed by atoms with Gasteiger partial charge in [0.05, 0.1) is 10.3 Å². The zero-order valence-electron chi connectivity index (χ0n) is 15.9. The first-order valence-electron chi connectivity index (χ1n) is 9.51. The molecule has 26 heavy (non-hydrogen) atoms. The third-order valence-electron chi connectivity index (χ3n) is 5.65. The molecule has 2 aromatic rings. The number of anilines is 1. The number of carbonyl (C=O) groups excluding carboxylic acids is 1. The van der Waals surface area contributed by atoms with Crippen LogP contribution in [0.5, 0.6) is 0 Å². The predicted molar refractivity (Wildman–Crippen MR) is 106 cm³/mol. The average molecular weight is 374 g/mol. The summed E-state index contributed by atoms with van der Waals surface area (Å²) in [5, 5.41) is 1.07. The number of likely N-dealkylation sites (tertiary alicyclic amines) is 1. The van der Waals surface area contributed by atoms with Crippen LogP contribution in [0.2, 0.25) is 0 Å². The number of thiophene rings is 1. The Bertz CT molecular complexity index is 812. The quantitative estimate of drug-likeness (QED) is 0.810. The highest BCUT2D eigenvalue weighted by Gasteiger charge is 2.28. The number of aryl methyl sites for hydroxylation is 1. The highest BCUT2D eigenvalue weighted by molar-refractivity contribution is 7.20. The van der Waals surface area contributed by atoms with Crippen molar-refractivity contribution in [1.82, 2.24) is 19.8 Å². The summed E-state index contributed by atoms with van der Waals surface area (Å²) in [5.41, 5.74) is 1.04. The molecule has 2 saturated heterocycles. The van der Waals surface area contributed by atoms with E-state index in [0.29, 0.717) is 5.92 Å². The molecule has 2 aromatic heterocycles. The van der Waals surface area contributed by atoms with Crippen LogP contribution in [-0.2, 0) is 0 Å². The minimum Gasteiger partial charge on any atom is -0.353 e. The average Bonchev–Trinajstić information content (AvgIpc) is 2.99. The molecule has 140 valence electrons. The van der Waals surface area contributed by atoms with Crippen molar-refractivity contribution in [3.8, 4) is 0 Å². The molecule has 6 nitrogen and oxygen atoms in total. The number of rotatable bonds is 2. The van der Waals surface area contributed by atoms with Crippen LogP contribution >= 0.6 is 11.3 Å². The Morgan fingerprint density at radius 1 is 1.19 bits per heavy atom. The molecule has 0 aromatic carbocycles. The summed E-state index contributed by atoms with van der Waals surface area (Å²) in [6.07, 6.45) is 3.96. The van der Waals surface area contributed by atoms with E-state index in [1.807, 2.05) is 4.90 Å². The number of likely N-dealkylation sites (N-methyl/N-ethyl adjacent to an activating group) is 1. The largest absolute Gasteiger partial charge is 0.353 e. The second-order valence-electron chi connectivity index (χ2n) is 7.72. The number of nitrogens with zero attached hydrogens (tertiary/aromatic N) is 5. The van der Waals surface area contributed by atoms with Gasteiger partial charge in [0.1, 0.15) is 17.0 Å². The van der Waals surface area contributed by atoms with Gasteiger partial charge in [-0.15, -0.1) is 11.3 Å². The summed E-state index contributed by atoms with van der Waals surface area (Å²) in [4.78, 5) is 30.7. The number of hydrogen-bond acceptors (Lipinski definition) is 6. The molecule has 4 heterocycles.